The zero-order valence-electron chi connectivity index (χ0n) is 7.91. The number of carbonyl (C=O) groups excluding carboxylic acids is 1. The van der Waals surface area contributed by atoms with Crippen LogP contribution in [0.4, 0.5) is 0 Å². The lowest BCUT2D eigenvalue weighted by Gasteiger charge is -2.20. The van der Waals surface area contributed by atoms with E-state index >= 15 is 0 Å². The van der Waals surface area contributed by atoms with E-state index < -0.39 is 23.1 Å². The number of hydrogen-bond acceptors (Lipinski definition) is 4. The number of carboxylic acid groups (broad SMARTS) is 1. The monoisotopic (exact) mass is 200 g/mol. The Hall–Kier alpha value is -1.10. The molecule has 0 atom stereocenters. The van der Waals surface area contributed by atoms with Crippen LogP contribution in [0.25, 0.3) is 0 Å². The summed E-state index contributed by atoms with van der Waals surface area (Å²) < 4.78 is 10.0. The molecule has 2 rings (SSSR count). The van der Waals surface area contributed by atoms with Crippen LogP contribution in [0.1, 0.15) is 25.7 Å². The van der Waals surface area contributed by atoms with Crippen LogP contribution in [-0.2, 0) is 19.1 Å². The molecular weight excluding hydrogens is 188 g/mol. The largest absolute Gasteiger partial charge is 0.479 e. The maximum atomic E-state index is 11.4. The van der Waals surface area contributed by atoms with Crippen molar-refractivity contribution in [3.8, 4) is 0 Å². The molecule has 0 radical (unpaired) electrons. The Morgan fingerprint density at radius 3 is 2.07 bits per heavy atom. The van der Waals surface area contributed by atoms with Gasteiger partial charge >= 0.3 is 11.9 Å². The highest BCUT2D eigenvalue weighted by molar-refractivity contribution is 5.85. The van der Waals surface area contributed by atoms with Gasteiger partial charge in [-0.05, 0) is 25.7 Å². The molecule has 0 aliphatic carbocycles. The number of methoxy groups -OCH3 is 1. The number of rotatable bonds is 2. The fraction of sp³-hybridized carbons (Fsp3) is 0.778. The van der Waals surface area contributed by atoms with E-state index in [2.05, 4.69) is 4.74 Å². The van der Waals surface area contributed by atoms with Crippen molar-refractivity contribution in [1.82, 2.24) is 0 Å². The van der Waals surface area contributed by atoms with Crippen molar-refractivity contribution in [2.45, 2.75) is 36.9 Å². The van der Waals surface area contributed by atoms with Gasteiger partial charge in [0.15, 0.2) is 11.2 Å². The first-order valence-electron chi connectivity index (χ1n) is 4.57. The van der Waals surface area contributed by atoms with Gasteiger partial charge in [0.05, 0.1) is 7.11 Å². The Balaban J connectivity index is 2.24. The average molecular weight is 200 g/mol. The quantitative estimate of drug-likeness (QED) is 0.650. The van der Waals surface area contributed by atoms with E-state index in [1.54, 1.807) is 0 Å². The Bertz CT molecular complexity index is 288. The molecule has 0 unspecified atom stereocenters. The Labute approximate surface area is 81.0 Å². The minimum atomic E-state index is -1.13. The molecule has 2 heterocycles. The summed E-state index contributed by atoms with van der Waals surface area (Å²) in [6.45, 7) is 0. The fourth-order valence-corrected chi connectivity index (χ4v) is 2.33. The molecule has 5 heteroatoms. The van der Waals surface area contributed by atoms with Crippen molar-refractivity contribution in [2.75, 3.05) is 7.11 Å². The number of fused-ring (bicyclic) bond motifs is 2. The van der Waals surface area contributed by atoms with E-state index in [1.807, 2.05) is 0 Å². The standard InChI is InChI=1S/C9H12O5/c1-13-7(12)9-4-2-8(14-9,3-5-9)6(10)11/h2-5H2,1H3,(H,10,11). The summed E-state index contributed by atoms with van der Waals surface area (Å²) in [5.41, 5.74) is -2.11. The van der Waals surface area contributed by atoms with Gasteiger partial charge in [0, 0.05) is 0 Å². The molecule has 0 amide bonds. The lowest BCUT2D eigenvalue weighted by Crippen LogP contribution is -2.37. The van der Waals surface area contributed by atoms with E-state index in [9.17, 15) is 9.59 Å². The predicted octanol–water partition coefficient (Wildman–Crippen LogP) is 0.326. The number of ether oxygens (including phenoxy) is 2. The van der Waals surface area contributed by atoms with Crippen LogP contribution in [0.15, 0.2) is 0 Å². The second-order valence-electron chi connectivity index (χ2n) is 3.89. The fourth-order valence-electron chi connectivity index (χ4n) is 2.33. The Morgan fingerprint density at radius 2 is 1.71 bits per heavy atom. The van der Waals surface area contributed by atoms with Gasteiger partial charge in [0.25, 0.3) is 0 Å². The SMILES string of the molecule is COC(=O)C12CCC(C(=O)O)(CC1)O2. The van der Waals surface area contributed by atoms with E-state index in [0.717, 1.165) is 0 Å². The third-order valence-corrected chi connectivity index (χ3v) is 3.20. The van der Waals surface area contributed by atoms with Crippen molar-refractivity contribution >= 4 is 11.9 Å². The maximum absolute atomic E-state index is 11.4. The zero-order valence-corrected chi connectivity index (χ0v) is 7.91. The van der Waals surface area contributed by atoms with Crippen molar-refractivity contribution in [3.63, 3.8) is 0 Å². The van der Waals surface area contributed by atoms with Crippen LogP contribution in [-0.4, -0.2) is 35.4 Å². The summed E-state index contributed by atoms with van der Waals surface area (Å²) in [5, 5.41) is 8.98. The maximum Gasteiger partial charge on any atom is 0.338 e. The van der Waals surface area contributed by atoms with Crippen LogP contribution in [0.2, 0.25) is 0 Å². The first-order valence-corrected chi connectivity index (χ1v) is 4.57. The second-order valence-corrected chi connectivity index (χ2v) is 3.89. The number of esters is 1. The smallest absolute Gasteiger partial charge is 0.338 e. The summed E-state index contributed by atoms with van der Waals surface area (Å²) in [6, 6.07) is 0. The molecule has 5 nitrogen and oxygen atoms in total. The Morgan fingerprint density at radius 1 is 1.21 bits per heavy atom. The molecule has 78 valence electrons. The molecule has 0 spiro atoms. The normalized spacial score (nSPS) is 39.8. The molecule has 0 saturated carbocycles. The molecule has 2 saturated heterocycles. The van der Waals surface area contributed by atoms with Crippen molar-refractivity contribution in [1.29, 1.82) is 0 Å². The van der Waals surface area contributed by atoms with Crippen molar-refractivity contribution in [2.24, 2.45) is 0 Å². The van der Waals surface area contributed by atoms with E-state index in [-0.39, 0.29) is 0 Å². The topological polar surface area (TPSA) is 72.8 Å². The molecule has 0 aromatic heterocycles. The van der Waals surface area contributed by atoms with Gasteiger partial charge in [-0.2, -0.15) is 0 Å². The molecular formula is C9H12O5. The van der Waals surface area contributed by atoms with Gasteiger partial charge < -0.3 is 14.6 Å². The molecule has 2 aliphatic heterocycles. The summed E-state index contributed by atoms with van der Waals surface area (Å²) in [4.78, 5) is 22.4. The van der Waals surface area contributed by atoms with Crippen molar-refractivity contribution in [3.05, 3.63) is 0 Å². The highest BCUT2D eigenvalue weighted by Gasteiger charge is 2.63. The highest BCUT2D eigenvalue weighted by Crippen LogP contribution is 2.51. The number of aliphatic carboxylic acids is 1. The second kappa shape index (κ2) is 2.70. The summed E-state index contributed by atoms with van der Waals surface area (Å²) in [7, 11) is 1.29. The first-order chi connectivity index (χ1) is 6.55. The summed E-state index contributed by atoms with van der Waals surface area (Å²) >= 11 is 0. The van der Waals surface area contributed by atoms with E-state index in [4.69, 9.17) is 9.84 Å². The molecule has 2 fully saturated rings. The molecule has 0 aromatic carbocycles. The van der Waals surface area contributed by atoms with Crippen LogP contribution < -0.4 is 0 Å². The summed E-state index contributed by atoms with van der Waals surface area (Å²) in [5.74, 6) is -1.42. The third-order valence-electron chi connectivity index (χ3n) is 3.20. The number of carboxylic acids is 1. The zero-order chi connectivity index (χ0) is 10.4. The van der Waals surface area contributed by atoms with E-state index in [1.165, 1.54) is 7.11 Å². The summed E-state index contributed by atoms with van der Waals surface area (Å²) in [6.07, 6.45) is 1.70. The molecule has 0 aromatic rings. The van der Waals surface area contributed by atoms with Crippen LogP contribution in [0, 0.1) is 0 Å². The van der Waals surface area contributed by atoms with E-state index in [0.29, 0.717) is 25.7 Å². The van der Waals surface area contributed by atoms with Gasteiger partial charge in [-0.1, -0.05) is 0 Å². The van der Waals surface area contributed by atoms with Gasteiger partial charge in [-0.3, -0.25) is 0 Å². The van der Waals surface area contributed by atoms with Crippen LogP contribution in [0.5, 0.6) is 0 Å². The number of carbonyl (C=O) groups is 2. The molecule has 14 heavy (non-hydrogen) atoms. The number of hydrogen-bond donors (Lipinski definition) is 1. The van der Waals surface area contributed by atoms with Crippen molar-refractivity contribution < 1.29 is 24.2 Å². The Kier molecular flexibility index (Phi) is 1.82. The molecule has 2 bridgehead atoms. The molecule has 1 N–H and O–H groups in total. The lowest BCUT2D eigenvalue weighted by molar-refractivity contribution is -0.175. The lowest BCUT2D eigenvalue weighted by atomic mass is 9.82. The highest BCUT2D eigenvalue weighted by atomic mass is 16.6. The minimum Gasteiger partial charge on any atom is -0.479 e. The predicted molar refractivity (Wildman–Crippen MR) is 44.7 cm³/mol. The van der Waals surface area contributed by atoms with Gasteiger partial charge in [-0.25, -0.2) is 9.59 Å². The molecule has 2 aliphatic rings. The van der Waals surface area contributed by atoms with Gasteiger partial charge in [0.1, 0.15) is 0 Å². The average Bonchev–Trinajstić information content (AvgIpc) is 2.74. The minimum absolute atomic E-state index is 0.400. The van der Waals surface area contributed by atoms with Crippen LogP contribution >= 0.6 is 0 Å². The van der Waals surface area contributed by atoms with Gasteiger partial charge in [0.2, 0.25) is 0 Å². The van der Waals surface area contributed by atoms with Gasteiger partial charge in [-0.15, -0.1) is 0 Å². The third kappa shape index (κ3) is 0.987. The van der Waals surface area contributed by atoms with Crippen LogP contribution in [0.3, 0.4) is 0 Å². The first kappa shape index (κ1) is 9.45.